The molecule has 3 nitrogen and oxygen atoms in total. The number of pyridine rings is 1. The fourth-order valence-corrected chi connectivity index (χ4v) is 3.99. The lowest BCUT2D eigenvalue weighted by Crippen LogP contribution is -2.12. The van der Waals surface area contributed by atoms with Gasteiger partial charge in [-0.05, 0) is 46.2 Å². The number of hydrogen-bond donors (Lipinski definition) is 0. The van der Waals surface area contributed by atoms with Crippen LogP contribution in [-0.4, -0.2) is 4.98 Å². The van der Waals surface area contributed by atoms with Crippen molar-refractivity contribution in [3.8, 4) is 11.5 Å². The SMILES string of the molecule is CC(C)(C)c1ccc(OCc2cccc(COc3ccc(C(C)(C)C)cc3CCl)n2)c(CCl)c1. The molecule has 5 heteroatoms. The van der Waals surface area contributed by atoms with Gasteiger partial charge in [0, 0.05) is 11.1 Å². The van der Waals surface area contributed by atoms with Gasteiger partial charge in [-0.25, -0.2) is 0 Å². The van der Waals surface area contributed by atoms with Crippen molar-refractivity contribution in [3.63, 3.8) is 0 Å². The molecule has 0 spiro atoms. The van der Waals surface area contributed by atoms with Gasteiger partial charge < -0.3 is 9.47 Å². The average molecular weight is 501 g/mol. The van der Waals surface area contributed by atoms with E-state index in [1.54, 1.807) is 0 Å². The van der Waals surface area contributed by atoms with Crippen LogP contribution in [0.15, 0.2) is 54.6 Å². The molecule has 0 aliphatic rings. The Morgan fingerprint density at radius 3 is 1.41 bits per heavy atom. The smallest absolute Gasteiger partial charge is 0.130 e. The van der Waals surface area contributed by atoms with Gasteiger partial charge in [0.2, 0.25) is 0 Å². The van der Waals surface area contributed by atoms with Crippen LogP contribution in [0.2, 0.25) is 0 Å². The van der Waals surface area contributed by atoms with Crippen LogP contribution < -0.4 is 9.47 Å². The van der Waals surface area contributed by atoms with Crippen LogP contribution in [0, 0.1) is 0 Å². The van der Waals surface area contributed by atoms with Crippen molar-refractivity contribution in [2.45, 2.75) is 77.3 Å². The highest BCUT2D eigenvalue weighted by Gasteiger charge is 2.17. The van der Waals surface area contributed by atoms with E-state index in [0.717, 1.165) is 34.0 Å². The van der Waals surface area contributed by atoms with Gasteiger partial charge in [-0.2, -0.15) is 0 Å². The number of aromatic nitrogens is 1. The molecule has 0 saturated heterocycles. The van der Waals surface area contributed by atoms with Gasteiger partial charge in [0.25, 0.3) is 0 Å². The fourth-order valence-electron chi connectivity index (χ4n) is 3.58. The molecule has 3 rings (SSSR count). The van der Waals surface area contributed by atoms with E-state index in [4.69, 9.17) is 37.7 Å². The van der Waals surface area contributed by atoms with E-state index in [1.165, 1.54) is 11.1 Å². The Hall–Kier alpha value is -2.23. The maximum Gasteiger partial charge on any atom is 0.130 e. The number of hydrogen-bond acceptors (Lipinski definition) is 3. The molecule has 182 valence electrons. The van der Waals surface area contributed by atoms with E-state index in [2.05, 4.69) is 65.8 Å². The molecule has 0 aliphatic carbocycles. The third kappa shape index (κ3) is 6.90. The minimum atomic E-state index is 0.0611. The van der Waals surface area contributed by atoms with E-state index in [9.17, 15) is 0 Å². The Labute approximate surface area is 214 Å². The van der Waals surface area contributed by atoms with Gasteiger partial charge >= 0.3 is 0 Å². The van der Waals surface area contributed by atoms with Crippen LogP contribution in [0.25, 0.3) is 0 Å². The Morgan fingerprint density at radius 2 is 1.06 bits per heavy atom. The normalized spacial score (nSPS) is 12.0. The highest BCUT2D eigenvalue weighted by atomic mass is 35.5. The van der Waals surface area contributed by atoms with Gasteiger partial charge in [-0.3, -0.25) is 4.98 Å². The number of nitrogens with zero attached hydrogens (tertiary/aromatic N) is 1. The summed E-state index contributed by atoms with van der Waals surface area (Å²) in [6.45, 7) is 13.8. The molecular formula is C29H35Cl2NO2. The van der Waals surface area contributed by atoms with Crippen LogP contribution in [0.5, 0.6) is 11.5 Å². The molecule has 0 aliphatic heterocycles. The first-order valence-corrected chi connectivity index (χ1v) is 12.7. The lowest BCUT2D eigenvalue weighted by Gasteiger charge is -2.21. The van der Waals surface area contributed by atoms with E-state index in [1.807, 2.05) is 30.3 Å². The van der Waals surface area contributed by atoms with E-state index in [-0.39, 0.29) is 10.8 Å². The van der Waals surface area contributed by atoms with Crippen molar-refractivity contribution in [3.05, 3.63) is 88.2 Å². The number of alkyl halides is 2. The molecule has 0 atom stereocenters. The predicted octanol–water partition coefficient (Wildman–Crippen LogP) is 8.31. The first-order valence-electron chi connectivity index (χ1n) is 11.6. The second kappa shape index (κ2) is 11.0. The summed E-state index contributed by atoms with van der Waals surface area (Å²) in [6, 6.07) is 18.3. The van der Waals surface area contributed by atoms with E-state index < -0.39 is 0 Å². The molecule has 0 bridgehead atoms. The van der Waals surface area contributed by atoms with Crippen LogP contribution in [0.4, 0.5) is 0 Å². The molecule has 0 amide bonds. The summed E-state index contributed by atoms with van der Waals surface area (Å²) in [5.74, 6) is 2.38. The quantitative estimate of drug-likeness (QED) is 0.292. The molecule has 34 heavy (non-hydrogen) atoms. The topological polar surface area (TPSA) is 31.4 Å². The zero-order valence-corrected chi connectivity index (χ0v) is 22.6. The molecule has 0 N–H and O–H groups in total. The maximum absolute atomic E-state index is 6.20. The van der Waals surface area contributed by atoms with Crippen molar-refractivity contribution in [1.82, 2.24) is 4.98 Å². The Kier molecular flexibility index (Phi) is 8.54. The Morgan fingerprint density at radius 1 is 0.647 bits per heavy atom. The summed E-state index contributed by atoms with van der Waals surface area (Å²) >= 11 is 12.4. The molecule has 1 aromatic heterocycles. The molecule has 0 fully saturated rings. The molecule has 3 aromatic rings. The van der Waals surface area contributed by atoms with Crippen molar-refractivity contribution in [2.24, 2.45) is 0 Å². The summed E-state index contributed by atoms with van der Waals surface area (Å²) in [4.78, 5) is 4.71. The van der Waals surface area contributed by atoms with Gasteiger partial charge in [-0.1, -0.05) is 71.9 Å². The van der Waals surface area contributed by atoms with Crippen molar-refractivity contribution in [1.29, 1.82) is 0 Å². The summed E-state index contributed by atoms with van der Waals surface area (Å²) in [7, 11) is 0. The fraction of sp³-hybridized carbons (Fsp3) is 0.414. The molecule has 0 saturated carbocycles. The lowest BCUT2D eigenvalue weighted by molar-refractivity contribution is 0.288. The minimum Gasteiger partial charge on any atom is -0.487 e. The van der Waals surface area contributed by atoms with E-state index in [0.29, 0.717) is 25.0 Å². The third-order valence-corrected chi connectivity index (χ3v) is 6.33. The van der Waals surface area contributed by atoms with Crippen molar-refractivity contribution < 1.29 is 9.47 Å². The third-order valence-electron chi connectivity index (χ3n) is 5.76. The molecular weight excluding hydrogens is 465 g/mol. The number of benzene rings is 2. The molecule has 2 aromatic carbocycles. The zero-order chi connectivity index (χ0) is 24.9. The number of halogens is 2. The second-order valence-corrected chi connectivity index (χ2v) is 11.1. The lowest BCUT2D eigenvalue weighted by atomic mass is 9.86. The van der Waals surface area contributed by atoms with Crippen molar-refractivity contribution >= 4 is 23.2 Å². The molecule has 0 radical (unpaired) electrons. The summed E-state index contributed by atoms with van der Waals surface area (Å²) in [5.41, 5.74) is 6.24. The van der Waals surface area contributed by atoms with Gasteiger partial charge in [0.05, 0.1) is 23.1 Å². The van der Waals surface area contributed by atoms with Crippen LogP contribution in [0.1, 0.15) is 75.2 Å². The largest absolute Gasteiger partial charge is 0.487 e. The summed E-state index contributed by atoms with van der Waals surface area (Å²) < 4.78 is 12.2. The summed E-state index contributed by atoms with van der Waals surface area (Å²) in [5, 5.41) is 0. The Bertz CT molecular complexity index is 1030. The first kappa shape index (κ1) is 26.4. The maximum atomic E-state index is 6.20. The van der Waals surface area contributed by atoms with Crippen LogP contribution in [-0.2, 0) is 35.8 Å². The Balaban J connectivity index is 1.67. The number of ether oxygens (including phenoxy) is 2. The zero-order valence-electron chi connectivity index (χ0n) is 21.0. The first-order chi connectivity index (χ1) is 16.0. The molecule has 0 unspecified atom stereocenters. The predicted molar refractivity (Wildman–Crippen MR) is 142 cm³/mol. The second-order valence-electron chi connectivity index (χ2n) is 10.6. The van der Waals surface area contributed by atoms with Crippen LogP contribution >= 0.6 is 23.2 Å². The van der Waals surface area contributed by atoms with Crippen molar-refractivity contribution in [2.75, 3.05) is 0 Å². The van der Waals surface area contributed by atoms with Gasteiger partial charge in [0.1, 0.15) is 24.7 Å². The summed E-state index contributed by atoms with van der Waals surface area (Å²) in [6.07, 6.45) is 0. The molecule has 1 heterocycles. The standard InChI is InChI=1S/C29H35Cl2NO2/c1-28(2,3)22-10-12-26(20(14-22)16-30)33-18-24-8-7-9-25(32-24)19-34-27-13-11-23(29(4,5)6)15-21(27)17-31/h7-15H,16-19H2,1-6H3. The monoisotopic (exact) mass is 499 g/mol. The van der Waals surface area contributed by atoms with Gasteiger partial charge in [-0.15, -0.1) is 23.2 Å². The van der Waals surface area contributed by atoms with E-state index >= 15 is 0 Å². The van der Waals surface area contributed by atoms with Crippen LogP contribution in [0.3, 0.4) is 0 Å². The van der Waals surface area contributed by atoms with Gasteiger partial charge in [0.15, 0.2) is 0 Å². The number of rotatable bonds is 8. The highest BCUT2D eigenvalue weighted by Crippen LogP contribution is 2.31. The average Bonchev–Trinajstić information content (AvgIpc) is 2.80. The highest BCUT2D eigenvalue weighted by molar-refractivity contribution is 6.17. The minimum absolute atomic E-state index is 0.0611.